The first kappa shape index (κ1) is 12.8. The molecule has 0 saturated carbocycles. The molecule has 0 spiro atoms. The predicted octanol–water partition coefficient (Wildman–Crippen LogP) is -2.58. The first-order valence-electron chi connectivity index (χ1n) is 3.87. The molecular weight excluding hydrogens is 180 g/mol. The fraction of sp³-hybridized carbons (Fsp3) is 1.00. The summed E-state index contributed by atoms with van der Waals surface area (Å²) < 4.78 is 4.65. The number of aliphatic hydroxyl groups is 5. The van der Waals surface area contributed by atoms with E-state index in [0.717, 1.165) is 0 Å². The van der Waals surface area contributed by atoms with E-state index in [2.05, 4.69) is 4.74 Å². The van der Waals surface area contributed by atoms with Gasteiger partial charge >= 0.3 is 0 Å². The van der Waals surface area contributed by atoms with Crippen molar-refractivity contribution in [3.8, 4) is 0 Å². The van der Waals surface area contributed by atoms with Crippen LogP contribution >= 0.6 is 0 Å². The molecule has 13 heavy (non-hydrogen) atoms. The molecule has 0 rings (SSSR count). The Morgan fingerprint density at radius 2 is 1.77 bits per heavy atom. The van der Waals surface area contributed by atoms with Gasteiger partial charge in [0.1, 0.15) is 12.2 Å². The highest BCUT2D eigenvalue weighted by Gasteiger charge is 2.23. The molecule has 0 aromatic carbocycles. The van der Waals surface area contributed by atoms with Crippen molar-refractivity contribution < 1.29 is 30.3 Å². The summed E-state index contributed by atoms with van der Waals surface area (Å²) in [6.45, 7) is -0.360. The van der Waals surface area contributed by atoms with Gasteiger partial charge in [-0.1, -0.05) is 0 Å². The van der Waals surface area contributed by atoms with Gasteiger partial charge in [-0.2, -0.15) is 0 Å². The maximum Gasteiger partial charge on any atom is 0.186 e. The molecule has 0 unspecified atom stereocenters. The maximum absolute atomic E-state index is 9.10. The van der Waals surface area contributed by atoms with Crippen LogP contribution in [0.2, 0.25) is 0 Å². The second kappa shape index (κ2) is 5.48. The van der Waals surface area contributed by atoms with E-state index in [1.165, 1.54) is 6.92 Å². The molecule has 0 bridgehead atoms. The molecule has 0 fully saturated rings. The molecule has 0 heterocycles. The monoisotopic (exact) mass is 196 g/mol. The minimum absolute atomic E-state index is 0.366. The van der Waals surface area contributed by atoms with Crippen LogP contribution in [-0.4, -0.2) is 63.3 Å². The van der Waals surface area contributed by atoms with E-state index < -0.39 is 31.2 Å². The summed E-state index contributed by atoms with van der Waals surface area (Å²) in [5.74, 6) is -1.74. The van der Waals surface area contributed by atoms with Crippen LogP contribution in [-0.2, 0) is 4.74 Å². The molecule has 0 aliphatic heterocycles. The Kier molecular flexibility index (Phi) is 5.38. The smallest absolute Gasteiger partial charge is 0.186 e. The first-order valence-corrected chi connectivity index (χ1v) is 3.87. The lowest BCUT2D eigenvalue weighted by atomic mass is 10.2. The van der Waals surface area contributed by atoms with E-state index in [1.807, 2.05) is 0 Å². The fourth-order valence-electron chi connectivity index (χ4n) is 0.543. The minimum Gasteiger partial charge on any atom is -0.394 e. The number of ether oxygens (including phenoxy) is 1. The standard InChI is InChI=1S/C7H16O6/c1-7(12,4-9)13-3-6(11)5(10)2-8/h5-6,8-12H,2-4H2,1H3/t5-,6-,7+/m1/s1. The van der Waals surface area contributed by atoms with Crippen LogP contribution < -0.4 is 0 Å². The van der Waals surface area contributed by atoms with Crippen molar-refractivity contribution in [3.05, 3.63) is 0 Å². The van der Waals surface area contributed by atoms with E-state index >= 15 is 0 Å². The zero-order valence-electron chi connectivity index (χ0n) is 7.42. The fourth-order valence-corrected chi connectivity index (χ4v) is 0.543. The molecule has 3 atom stereocenters. The second-order valence-electron chi connectivity index (χ2n) is 2.96. The van der Waals surface area contributed by atoms with Crippen molar-refractivity contribution in [1.29, 1.82) is 0 Å². The highest BCUT2D eigenvalue weighted by atomic mass is 16.6. The highest BCUT2D eigenvalue weighted by molar-refractivity contribution is 4.67. The average molecular weight is 196 g/mol. The second-order valence-corrected chi connectivity index (χ2v) is 2.96. The van der Waals surface area contributed by atoms with Crippen LogP contribution in [0.15, 0.2) is 0 Å². The van der Waals surface area contributed by atoms with E-state index in [9.17, 15) is 0 Å². The summed E-state index contributed by atoms with van der Waals surface area (Å²) in [6.07, 6.45) is -2.60. The summed E-state index contributed by atoms with van der Waals surface area (Å²) in [5.41, 5.74) is 0. The molecule has 0 radical (unpaired) electrons. The molecule has 0 amide bonds. The van der Waals surface area contributed by atoms with Gasteiger partial charge in [-0.15, -0.1) is 0 Å². The summed E-state index contributed by atoms with van der Waals surface area (Å²) >= 11 is 0. The van der Waals surface area contributed by atoms with Crippen LogP contribution in [0.25, 0.3) is 0 Å². The summed E-state index contributed by atoms with van der Waals surface area (Å²) in [7, 11) is 0. The molecule has 5 N–H and O–H groups in total. The van der Waals surface area contributed by atoms with E-state index in [0.29, 0.717) is 0 Å². The molecule has 6 nitrogen and oxygen atoms in total. The van der Waals surface area contributed by atoms with Crippen molar-refractivity contribution in [2.45, 2.75) is 24.9 Å². The van der Waals surface area contributed by atoms with Gasteiger partial charge < -0.3 is 30.3 Å². The Balaban J connectivity index is 3.75. The van der Waals surface area contributed by atoms with Gasteiger partial charge in [0.05, 0.1) is 19.8 Å². The summed E-state index contributed by atoms with van der Waals surface area (Å²) in [4.78, 5) is 0. The van der Waals surface area contributed by atoms with Gasteiger partial charge in [-0.3, -0.25) is 0 Å². The average Bonchev–Trinajstić information content (AvgIpc) is 2.13. The maximum atomic E-state index is 9.10. The Morgan fingerprint density at radius 1 is 1.23 bits per heavy atom. The van der Waals surface area contributed by atoms with E-state index in [-0.39, 0.29) is 6.61 Å². The molecular formula is C7H16O6. The summed E-state index contributed by atoms with van der Waals surface area (Å²) in [5, 5.41) is 44.0. The third kappa shape index (κ3) is 5.14. The normalized spacial score (nSPS) is 20.8. The lowest BCUT2D eigenvalue weighted by Gasteiger charge is -2.24. The van der Waals surface area contributed by atoms with Gasteiger partial charge in [-0.25, -0.2) is 0 Å². The van der Waals surface area contributed by atoms with E-state index in [1.54, 1.807) is 0 Å². The van der Waals surface area contributed by atoms with Crippen molar-refractivity contribution in [3.63, 3.8) is 0 Å². The zero-order valence-corrected chi connectivity index (χ0v) is 7.42. The molecule has 80 valence electrons. The number of rotatable bonds is 6. The SMILES string of the molecule is C[C@@](O)(CO)OC[C@@H](O)[C@H](O)CO. The van der Waals surface area contributed by atoms with Gasteiger partial charge in [0.2, 0.25) is 0 Å². The molecule has 0 aromatic rings. The first-order chi connectivity index (χ1) is 5.93. The van der Waals surface area contributed by atoms with Crippen molar-refractivity contribution in [1.82, 2.24) is 0 Å². The van der Waals surface area contributed by atoms with E-state index in [4.69, 9.17) is 25.5 Å². The van der Waals surface area contributed by atoms with Crippen LogP contribution in [0.3, 0.4) is 0 Å². The Morgan fingerprint density at radius 3 is 2.15 bits per heavy atom. The highest BCUT2D eigenvalue weighted by Crippen LogP contribution is 2.05. The number of aliphatic hydroxyl groups excluding tert-OH is 4. The molecule has 0 aliphatic carbocycles. The third-order valence-corrected chi connectivity index (χ3v) is 1.49. The molecule has 0 aliphatic rings. The quantitative estimate of drug-likeness (QED) is 0.298. The van der Waals surface area contributed by atoms with Crippen LogP contribution in [0.4, 0.5) is 0 Å². The molecule has 6 heteroatoms. The lowest BCUT2D eigenvalue weighted by Crippen LogP contribution is -2.40. The van der Waals surface area contributed by atoms with Crippen molar-refractivity contribution in [2.75, 3.05) is 19.8 Å². The largest absolute Gasteiger partial charge is 0.394 e. The minimum atomic E-state index is -1.74. The Labute approximate surface area is 76.0 Å². The molecule has 0 aromatic heterocycles. The number of hydrogen-bond donors (Lipinski definition) is 5. The van der Waals surface area contributed by atoms with Gasteiger partial charge in [0.25, 0.3) is 0 Å². The van der Waals surface area contributed by atoms with Gasteiger partial charge in [0, 0.05) is 0 Å². The topological polar surface area (TPSA) is 110 Å². The van der Waals surface area contributed by atoms with Crippen LogP contribution in [0.1, 0.15) is 6.92 Å². The summed E-state index contributed by atoms with van der Waals surface area (Å²) in [6, 6.07) is 0. The molecule has 0 saturated heterocycles. The lowest BCUT2D eigenvalue weighted by molar-refractivity contribution is -0.228. The van der Waals surface area contributed by atoms with Crippen molar-refractivity contribution in [2.24, 2.45) is 0 Å². The van der Waals surface area contributed by atoms with Crippen LogP contribution in [0, 0.1) is 0 Å². The van der Waals surface area contributed by atoms with Crippen LogP contribution in [0.5, 0.6) is 0 Å². The Hall–Kier alpha value is -0.240. The van der Waals surface area contributed by atoms with Gasteiger partial charge in [0.15, 0.2) is 5.79 Å². The predicted molar refractivity (Wildman–Crippen MR) is 42.8 cm³/mol. The third-order valence-electron chi connectivity index (χ3n) is 1.49. The number of hydrogen-bond acceptors (Lipinski definition) is 6. The Bertz CT molecular complexity index is 137. The van der Waals surface area contributed by atoms with Gasteiger partial charge in [-0.05, 0) is 6.92 Å². The zero-order chi connectivity index (χ0) is 10.5. The van der Waals surface area contributed by atoms with Crippen molar-refractivity contribution >= 4 is 0 Å².